The molecule has 2 aromatic carbocycles. The molecule has 184 valence electrons. The summed E-state index contributed by atoms with van der Waals surface area (Å²) in [5.41, 5.74) is 2.67. The molecule has 2 saturated heterocycles. The SMILES string of the molecule is O=C1NCCCC1N1Cc2cc(O[C@H]3CCCC[C@@H]3N3CC(c4ccccc4O)C3)ccc2C1=O. The van der Waals surface area contributed by atoms with Gasteiger partial charge in [0.2, 0.25) is 5.91 Å². The van der Waals surface area contributed by atoms with Crippen molar-refractivity contribution >= 4 is 11.8 Å². The van der Waals surface area contributed by atoms with Crippen molar-refractivity contribution in [3.05, 3.63) is 59.2 Å². The number of nitrogens with one attached hydrogen (secondary N) is 1. The molecule has 0 spiro atoms. The number of piperidine rings is 1. The van der Waals surface area contributed by atoms with Gasteiger partial charge in [-0.1, -0.05) is 24.6 Å². The van der Waals surface area contributed by atoms with E-state index in [4.69, 9.17) is 4.74 Å². The molecule has 1 saturated carbocycles. The third-order valence-electron chi connectivity index (χ3n) is 8.25. The topological polar surface area (TPSA) is 82.1 Å². The molecule has 6 rings (SSSR count). The van der Waals surface area contributed by atoms with Crippen LogP contribution in [-0.4, -0.2) is 64.5 Å². The van der Waals surface area contributed by atoms with Crippen LogP contribution < -0.4 is 10.1 Å². The zero-order valence-corrected chi connectivity index (χ0v) is 20.0. The van der Waals surface area contributed by atoms with Crippen LogP contribution in [0.4, 0.5) is 0 Å². The molecule has 3 aliphatic heterocycles. The van der Waals surface area contributed by atoms with Gasteiger partial charge in [0.1, 0.15) is 23.6 Å². The Balaban J connectivity index is 1.13. The van der Waals surface area contributed by atoms with Gasteiger partial charge in [-0.25, -0.2) is 0 Å². The minimum Gasteiger partial charge on any atom is -0.508 e. The lowest BCUT2D eigenvalue weighted by Crippen LogP contribution is -2.57. The van der Waals surface area contributed by atoms with Crippen LogP contribution in [0.15, 0.2) is 42.5 Å². The smallest absolute Gasteiger partial charge is 0.255 e. The van der Waals surface area contributed by atoms with Gasteiger partial charge >= 0.3 is 0 Å². The van der Waals surface area contributed by atoms with E-state index in [0.717, 1.165) is 62.1 Å². The third-order valence-corrected chi connectivity index (χ3v) is 8.25. The number of hydrogen-bond donors (Lipinski definition) is 2. The number of amides is 2. The van der Waals surface area contributed by atoms with E-state index in [1.807, 2.05) is 36.4 Å². The Bertz CT molecular complexity index is 1130. The molecule has 2 amide bonds. The molecule has 2 N–H and O–H groups in total. The number of phenolic OH excluding ortho intramolecular Hbond substituents is 1. The summed E-state index contributed by atoms with van der Waals surface area (Å²) in [5, 5.41) is 13.1. The summed E-state index contributed by atoms with van der Waals surface area (Å²) in [6.45, 7) is 3.04. The fraction of sp³-hybridized carbons (Fsp3) is 0.500. The zero-order chi connectivity index (χ0) is 23.9. The van der Waals surface area contributed by atoms with E-state index < -0.39 is 0 Å². The van der Waals surface area contributed by atoms with Crippen LogP contribution in [0, 0.1) is 0 Å². The van der Waals surface area contributed by atoms with Crippen molar-refractivity contribution in [2.45, 2.75) is 69.2 Å². The molecule has 3 heterocycles. The van der Waals surface area contributed by atoms with Gasteiger partial charge in [-0.15, -0.1) is 0 Å². The normalized spacial score (nSPS) is 27.3. The first-order chi connectivity index (χ1) is 17.1. The van der Waals surface area contributed by atoms with Crippen LogP contribution in [0.3, 0.4) is 0 Å². The van der Waals surface area contributed by atoms with E-state index in [1.54, 1.807) is 11.0 Å². The Morgan fingerprint density at radius 3 is 2.63 bits per heavy atom. The number of hydrogen-bond acceptors (Lipinski definition) is 5. The summed E-state index contributed by atoms with van der Waals surface area (Å²) in [6.07, 6.45) is 6.24. The van der Waals surface area contributed by atoms with E-state index in [1.165, 1.54) is 6.42 Å². The molecule has 0 aromatic heterocycles. The molecular formula is C28H33N3O4. The number of nitrogens with zero attached hydrogens (tertiary/aromatic N) is 2. The molecule has 2 aromatic rings. The highest BCUT2D eigenvalue weighted by atomic mass is 16.5. The van der Waals surface area contributed by atoms with Crippen molar-refractivity contribution < 1.29 is 19.4 Å². The number of fused-ring (bicyclic) bond motifs is 1. The summed E-state index contributed by atoms with van der Waals surface area (Å²) in [6, 6.07) is 13.4. The largest absolute Gasteiger partial charge is 0.508 e. The molecule has 3 fully saturated rings. The lowest BCUT2D eigenvalue weighted by Gasteiger charge is -2.48. The maximum Gasteiger partial charge on any atom is 0.255 e. The van der Waals surface area contributed by atoms with E-state index in [9.17, 15) is 14.7 Å². The average molecular weight is 476 g/mol. The minimum atomic E-state index is -0.376. The Morgan fingerprint density at radius 2 is 1.80 bits per heavy atom. The zero-order valence-electron chi connectivity index (χ0n) is 20.0. The van der Waals surface area contributed by atoms with Crippen LogP contribution >= 0.6 is 0 Å². The van der Waals surface area contributed by atoms with E-state index in [-0.39, 0.29) is 24.0 Å². The monoisotopic (exact) mass is 475 g/mol. The Morgan fingerprint density at radius 1 is 0.971 bits per heavy atom. The highest BCUT2D eigenvalue weighted by Crippen LogP contribution is 2.38. The quantitative estimate of drug-likeness (QED) is 0.693. The number of rotatable bonds is 5. The van der Waals surface area contributed by atoms with Gasteiger partial charge in [0.25, 0.3) is 5.91 Å². The molecule has 1 unspecified atom stereocenters. The fourth-order valence-corrected chi connectivity index (χ4v) is 6.32. The second kappa shape index (κ2) is 9.19. The van der Waals surface area contributed by atoms with Gasteiger partial charge in [-0.05, 0) is 67.5 Å². The lowest BCUT2D eigenvalue weighted by molar-refractivity contribution is -0.127. The van der Waals surface area contributed by atoms with Gasteiger partial charge < -0.3 is 20.1 Å². The summed E-state index contributed by atoms with van der Waals surface area (Å²) in [7, 11) is 0. The number of benzene rings is 2. The molecule has 1 aliphatic carbocycles. The predicted octanol–water partition coefficient (Wildman–Crippen LogP) is 3.42. The van der Waals surface area contributed by atoms with Crippen molar-refractivity contribution in [3.63, 3.8) is 0 Å². The highest BCUT2D eigenvalue weighted by Gasteiger charge is 2.41. The van der Waals surface area contributed by atoms with Crippen LogP contribution in [0.1, 0.15) is 65.9 Å². The van der Waals surface area contributed by atoms with Crippen molar-refractivity contribution in [2.24, 2.45) is 0 Å². The first-order valence-electron chi connectivity index (χ1n) is 13.0. The third kappa shape index (κ3) is 4.16. The number of carbonyl (C=O) groups is 2. The first-order valence-corrected chi connectivity index (χ1v) is 13.0. The van der Waals surface area contributed by atoms with Crippen molar-refractivity contribution in [2.75, 3.05) is 19.6 Å². The molecule has 3 atom stereocenters. The molecule has 7 heteroatoms. The summed E-state index contributed by atoms with van der Waals surface area (Å²) in [4.78, 5) is 29.5. The minimum absolute atomic E-state index is 0.0457. The van der Waals surface area contributed by atoms with Gasteiger partial charge in [0.05, 0.1) is 0 Å². The van der Waals surface area contributed by atoms with Gasteiger partial charge in [-0.3, -0.25) is 14.5 Å². The van der Waals surface area contributed by atoms with Gasteiger partial charge in [0.15, 0.2) is 0 Å². The van der Waals surface area contributed by atoms with Crippen molar-refractivity contribution in [1.29, 1.82) is 0 Å². The number of aromatic hydroxyl groups is 1. The number of phenols is 1. The first kappa shape index (κ1) is 22.4. The maximum absolute atomic E-state index is 13.0. The van der Waals surface area contributed by atoms with E-state index >= 15 is 0 Å². The second-order valence-corrected chi connectivity index (χ2v) is 10.4. The van der Waals surface area contributed by atoms with Crippen molar-refractivity contribution in [1.82, 2.24) is 15.1 Å². The van der Waals surface area contributed by atoms with Crippen LogP contribution in [0.2, 0.25) is 0 Å². The molecular weight excluding hydrogens is 442 g/mol. The number of ether oxygens (including phenoxy) is 1. The van der Waals surface area contributed by atoms with Gasteiger partial charge in [0, 0.05) is 43.7 Å². The van der Waals surface area contributed by atoms with E-state index in [0.29, 0.717) is 36.4 Å². The second-order valence-electron chi connectivity index (χ2n) is 10.4. The number of para-hydroxylation sites is 1. The molecule has 7 nitrogen and oxygen atoms in total. The number of carbonyl (C=O) groups excluding carboxylic acids is 2. The van der Waals surface area contributed by atoms with Crippen molar-refractivity contribution in [3.8, 4) is 11.5 Å². The Kier molecular flexibility index (Phi) is 5.88. The highest BCUT2D eigenvalue weighted by molar-refractivity contribution is 6.01. The molecule has 0 bridgehead atoms. The van der Waals surface area contributed by atoms with Crippen LogP contribution in [0.25, 0.3) is 0 Å². The standard InChI is InChI=1S/C28H33N3O4/c32-25-9-3-1-6-21(25)19-15-30(16-19)23-7-2-4-10-26(23)35-20-11-12-22-18(14-20)17-31(28(22)34)24-8-5-13-29-27(24)33/h1,3,6,9,11-12,14,19,23-24,26,32H,2,4-5,7-8,10,13,15-17H2,(H,29,33)/t23-,24?,26-/m0/s1. The molecule has 0 radical (unpaired) electrons. The summed E-state index contributed by atoms with van der Waals surface area (Å²) in [5.74, 6) is 1.46. The number of likely N-dealkylation sites (tertiary alicyclic amines) is 1. The molecule has 4 aliphatic rings. The molecule has 35 heavy (non-hydrogen) atoms. The predicted molar refractivity (Wildman–Crippen MR) is 131 cm³/mol. The van der Waals surface area contributed by atoms with Gasteiger partial charge in [-0.2, -0.15) is 0 Å². The summed E-state index contributed by atoms with van der Waals surface area (Å²) >= 11 is 0. The maximum atomic E-state index is 13.0. The Labute approximate surface area is 206 Å². The fourth-order valence-electron chi connectivity index (χ4n) is 6.32. The average Bonchev–Trinajstić information content (AvgIpc) is 3.16. The Hall–Kier alpha value is -3.06. The summed E-state index contributed by atoms with van der Waals surface area (Å²) < 4.78 is 6.55. The van der Waals surface area contributed by atoms with E-state index in [2.05, 4.69) is 10.2 Å². The van der Waals surface area contributed by atoms with Crippen LogP contribution in [-0.2, 0) is 11.3 Å². The lowest BCUT2D eigenvalue weighted by atomic mass is 9.84. The van der Waals surface area contributed by atoms with Crippen LogP contribution in [0.5, 0.6) is 11.5 Å².